The van der Waals surface area contributed by atoms with Crippen molar-refractivity contribution in [2.75, 3.05) is 7.11 Å². The van der Waals surface area contributed by atoms with Crippen LogP contribution in [-0.2, 0) is 9.53 Å². The monoisotopic (exact) mass is 248 g/mol. The Morgan fingerprint density at radius 1 is 1.50 bits per heavy atom. The Labute approximate surface area is 108 Å². The van der Waals surface area contributed by atoms with E-state index in [1.165, 1.54) is 26.4 Å². The number of aromatic nitrogens is 2. The Morgan fingerprint density at radius 2 is 2.22 bits per heavy atom. The number of esters is 1. The first-order valence-corrected chi connectivity index (χ1v) is 6.59. The Bertz CT molecular complexity index is 441. The summed E-state index contributed by atoms with van der Waals surface area (Å²) in [5.41, 5.74) is 2.02. The van der Waals surface area contributed by atoms with Gasteiger partial charge in [0.25, 0.3) is 0 Å². The molecule has 4 nitrogen and oxygen atoms in total. The molecular formula is C14H20N2O2. The van der Waals surface area contributed by atoms with E-state index in [0.717, 1.165) is 11.4 Å². The molecule has 1 unspecified atom stereocenters. The highest BCUT2D eigenvalue weighted by atomic mass is 16.5. The third-order valence-corrected chi connectivity index (χ3v) is 3.62. The van der Waals surface area contributed by atoms with E-state index in [1.807, 2.05) is 19.9 Å². The fourth-order valence-corrected chi connectivity index (χ4v) is 2.28. The lowest BCUT2D eigenvalue weighted by Crippen LogP contribution is -2.19. The van der Waals surface area contributed by atoms with Crippen molar-refractivity contribution in [3.8, 4) is 0 Å². The average Bonchev–Trinajstić information content (AvgIpc) is 2.26. The molecule has 1 fully saturated rings. The lowest BCUT2D eigenvalue weighted by Gasteiger charge is -2.25. The van der Waals surface area contributed by atoms with Crippen LogP contribution in [0.3, 0.4) is 0 Å². The molecule has 1 saturated carbocycles. The van der Waals surface area contributed by atoms with Crippen LogP contribution < -0.4 is 0 Å². The van der Waals surface area contributed by atoms with Crippen molar-refractivity contribution in [3.63, 3.8) is 0 Å². The van der Waals surface area contributed by atoms with Gasteiger partial charge >= 0.3 is 5.97 Å². The number of methoxy groups -OCH3 is 1. The van der Waals surface area contributed by atoms with Crippen LogP contribution in [0.15, 0.2) is 6.07 Å². The van der Waals surface area contributed by atoms with Gasteiger partial charge in [0.2, 0.25) is 0 Å². The van der Waals surface area contributed by atoms with Crippen molar-refractivity contribution >= 4 is 5.97 Å². The third kappa shape index (κ3) is 2.52. The molecule has 0 radical (unpaired) electrons. The number of nitrogens with zero attached hydrogens (tertiary/aromatic N) is 2. The van der Waals surface area contributed by atoms with E-state index in [9.17, 15) is 4.79 Å². The Kier molecular flexibility index (Phi) is 3.94. The van der Waals surface area contributed by atoms with Crippen LogP contribution in [0.2, 0.25) is 0 Å². The smallest absolute Gasteiger partial charge is 0.316 e. The Morgan fingerprint density at radius 3 is 2.72 bits per heavy atom. The first-order valence-electron chi connectivity index (χ1n) is 6.59. The largest absolute Gasteiger partial charge is 0.468 e. The zero-order valence-electron chi connectivity index (χ0n) is 11.3. The van der Waals surface area contributed by atoms with Gasteiger partial charge < -0.3 is 4.74 Å². The molecule has 1 aromatic heterocycles. The quantitative estimate of drug-likeness (QED) is 0.769. The zero-order valence-corrected chi connectivity index (χ0v) is 11.3. The van der Waals surface area contributed by atoms with Gasteiger partial charge in [-0.2, -0.15) is 0 Å². The molecule has 0 N–H and O–H groups in total. The van der Waals surface area contributed by atoms with Gasteiger partial charge in [0, 0.05) is 17.3 Å². The van der Waals surface area contributed by atoms with E-state index >= 15 is 0 Å². The fraction of sp³-hybridized carbons (Fsp3) is 0.643. The van der Waals surface area contributed by atoms with Gasteiger partial charge in [0.1, 0.15) is 11.7 Å². The van der Waals surface area contributed by atoms with Gasteiger partial charge in [-0.15, -0.1) is 0 Å². The van der Waals surface area contributed by atoms with Crippen molar-refractivity contribution in [1.29, 1.82) is 0 Å². The maximum atomic E-state index is 11.7. The highest BCUT2D eigenvalue weighted by molar-refractivity contribution is 5.76. The van der Waals surface area contributed by atoms with Crippen molar-refractivity contribution in [2.24, 2.45) is 0 Å². The molecule has 0 aliphatic heterocycles. The SMILES string of the molecule is CCC(C(=O)OC)c1nc(C)cc(C2CCC2)n1. The molecule has 1 aliphatic rings. The lowest BCUT2D eigenvalue weighted by atomic mass is 9.82. The zero-order chi connectivity index (χ0) is 13.1. The summed E-state index contributed by atoms with van der Waals surface area (Å²) in [6, 6.07) is 2.04. The summed E-state index contributed by atoms with van der Waals surface area (Å²) in [4.78, 5) is 20.7. The van der Waals surface area contributed by atoms with Crippen molar-refractivity contribution in [2.45, 2.75) is 51.4 Å². The molecule has 4 heteroatoms. The molecule has 0 amide bonds. The van der Waals surface area contributed by atoms with E-state index in [2.05, 4.69) is 9.97 Å². The first-order chi connectivity index (χ1) is 8.65. The minimum atomic E-state index is -0.339. The summed E-state index contributed by atoms with van der Waals surface area (Å²) < 4.78 is 4.82. The highest BCUT2D eigenvalue weighted by Gasteiger charge is 2.26. The summed E-state index contributed by atoms with van der Waals surface area (Å²) in [6.07, 6.45) is 4.34. The van der Waals surface area contributed by atoms with E-state index in [4.69, 9.17) is 4.74 Å². The van der Waals surface area contributed by atoms with Crippen LogP contribution in [0.1, 0.15) is 61.7 Å². The molecular weight excluding hydrogens is 228 g/mol. The number of carbonyl (C=O) groups excluding carboxylic acids is 1. The molecule has 98 valence electrons. The highest BCUT2D eigenvalue weighted by Crippen LogP contribution is 2.35. The normalized spacial score (nSPS) is 17.1. The Hall–Kier alpha value is -1.45. The van der Waals surface area contributed by atoms with Gasteiger partial charge in [-0.1, -0.05) is 13.3 Å². The minimum absolute atomic E-state index is 0.248. The fourth-order valence-electron chi connectivity index (χ4n) is 2.28. The molecule has 2 rings (SSSR count). The predicted molar refractivity (Wildman–Crippen MR) is 68.4 cm³/mol. The average molecular weight is 248 g/mol. The molecule has 1 atom stereocenters. The van der Waals surface area contributed by atoms with Gasteiger partial charge in [-0.3, -0.25) is 4.79 Å². The standard InChI is InChI=1S/C14H20N2O2/c1-4-11(14(17)18-3)13-15-9(2)8-12(16-13)10-6-5-7-10/h8,10-11H,4-7H2,1-3H3. The second-order valence-corrected chi connectivity index (χ2v) is 4.90. The number of hydrogen-bond donors (Lipinski definition) is 0. The molecule has 0 saturated heterocycles. The molecule has 1 aromatic rings. The maximum absolute atomic E-state index is 11.7. The second-order valence-electron chi connectivity index (χ2n) is 4.90. The van der Waals surface area contributed by atoms with Gasteiger partial charge in [-0.05, 0) is 32.3 Å². The third-order valence-electron chi connectivity index (χ3n) is 3.62. The molecule has 1 aliphatic carbocycles. The predicted octanol–water partition coefficient (Wildman–Crippen LogP) is 2.72. The maximum Gasteiger partial charge on any atom is 0.316 e. The van der Waals surface area contributed by atoms with Crippen LogP contribution in [0.25, 0.3) is 0 Å². The summed E-state index contributed by atoms with van der Waals surface area (Å²) in [6.45, 7) is 3.91. The summed E-state index contributed by atoms with van der Waals surface area (Å²) in [5, 5.41) is 0. The van der Waals surface area contributed by atoms with Crippen molar-refractivity contribution < 1.29 is 9.53 Å². The number of aryl methyl sites for hydroxylation is 1. The minimum Gasteiger partial charge on any atom is -0.468 e. The van der Waals surface area contributed by atoms with Crippen LogP contribution in [0.4, 0.5) is 0 Å². The van der Waals surface area contributed by atoms with Crippen LogP contribution in [0, 0.1) is 6.92 Å². The van der Waals surface area contributed by atoms with Crippen LogP contribution >= 0.6 is 0 Å². The van der Waals surface area contributed by atoms with E-state index in [1.54, 1.807) is 0 Å². The van der Waals surface area contributed by atoms with E-state index < -0.39 is 0 Å². The van der Waals surface area contributed by atoms with E-state index in [-0.39, 0.29) is 11.9 Å². The van der Waals surface area contributed by atoms with E-state index in [0.29, 0.717) is 18.2 Å². The molecule has 0 spiro atoms. The molecule has 1 heterocycles. The summed E-state index contributed by atoms with van der Waals surface area (Å²) >= 11 is 0. The number of carbonyl (C=O) groups is 1. The van der Waals surface area contributed by atoms with Crippen molar-refractivity contribution in [1.82, 2.24) is 9.97 Å². The topological polar surface area (TPSA) is 52.1 Å². The second kappa shape index (κ2) is 5.46. The van der Waals surface area contributed by atoms with Gasteiger partial charge in [0.05, 0.1) is 7.11 Å². The Balaban J connectivity index is 2.30. The number of rotatable bonds is 4. The van der Waals surface area contributed by atoms with Crippen LogP contribution in [-0.4, -0.2) is 23.0 Å². The molecule has 18 heavy (non-hydrogen) atoms. The lowest BCUT2D eigenvalue weighted by molar-refractivity contribution is -0.142. The summed E-state index contributed by atoms with van der Waals surface area (Å²) in [5.74, 6) is 0.586. The first kappa shape index (κ1) is 13.0. The van der Waals surface area contributed by atoms with Crippen LogP contribution in [0.5, 0.6) is 0 Å². The molecule has 0 bridgehead atoms. The van der Waals surface area contributed by atoms with Gasteiger partial charge in [0.15, 0.2) is 0 Å². The number of ether oxygens (including phenoxy) is 1. The summed E-state index contributed by atoms with van der Waals surface area (Å²) in [7, 11) is 1.41. The van der Waals surface area contributed by atoms with Crippen molar-refractivity contribution in [3.05, 3.63) is 23.3 Å². The number of hydrogen-bond acceptors (Lipinski definition) is 4. The molecule has 0 aromatic carbocycles. The van der Waals surface area contributed by atoms with Gasteiger partial charge in [-0.25, -0.2) is 9.97 Å².